The summed E-state index contributed by atoms with van der Waals surface area (Å²) in [7, 11) is 0. The van der Waals surface area contributed by atoms with Gasteiger partial charge in [-0.25, -0.2) is 4.79 Å². The molecule has 26 heavy (non-hydrogen) atoms. The van der Waals surface area contributed by atoms with Gasteiger partial charge in [-0.1, -0.05) is 30.3 Å². The number of carbonyl (C=O) groups is 1. The molecular weight excluding hydrogens is 457 g/mol. The molecule has 0 bridgehead atoms. The van der Waals surface area contributed by atoms with E-state index in [2.05, 4.69) is 4.98 Å². The molecule has 0 radical (unpaired) electrons. The highest BCUT2D eigenvalue weighted by Crippen LogP contribution is 2.40. The smallest absolute Gasteiger partial charge is 0.351 e. The first kappa shape index (κ1) is 18.9. The molecule has 138 valence electrons. The zero-order chi connectivity index (χ0) is 19.1. The fourth-order valence-corrected chi connectivity index (χ4v) is 3.31. The first-order chi connectivity index (χ1) is 12.3. The first-order valence-electron chi connectivity index (χ1n) is 7.61. The molecule has 3 rings (SSSR count). The minimum atomic E-state index is -2.50. The molecule has 0 saturated carbocycles. The molecule has 0 aliphatic carbocycles. The van der Waals surface area contributed by atoms with Crippen molar-refractivity contribution in [3.05, 3.63) is 56.1 Å². The lowest BCUT2D eigenvalue weighted by molar-refractivity contribution is -0.0859. The zero-order valence-corrected chi connectivity index (χ0v) is 15.5. The van der Waals surface area contributed by atoms with Gasteiger partial charge in [-0.3, -0.25) is 9.36 Å². The Morgan fingerprint density at radius 1 is 1.38 bits per heavy atom. The molecule has 1 aromatic carbocycles. The van der Waals surface area contributed by atoms with Crippen molar-refractivity contribution in [3.8, 4) is 0 Å². The summed E-state index contributed by atoms with van der Waals surface area (Å²) in [6.07, 6.45) is -3.34. The Kier molecular flexibility index (Phi) is 5.12. The molecule has 4 atom stereocenters. The fraction of sp³-hybridized carbons (Fsp3) is 0.312. The molecule has 10 heteroatoms. The number of hydrogen-bond acceptors (Lipinski definition) is 8. The number of hydrogen-bond donors (Lipinski definition) is 4. The normalized spacial score (nSPS) is 28.2. The van der Waals surface area contributed by atoms with Crippen LogP contribution in [0.1, 0.15) is 16.6 Å². The van der Waals surface area contributed by atoms with Gasteiger partial charge in [0.25, 0.3) is 0 Å². The highest BCUT2D eigenvalue weighted by Gasteiger charge is 2.61. The Labute approximate surface area is 161 Å². The summed E-state index contributed by atoms with van der Waals surface area (Å²) in [5.41, 5.74) is 2.35. The number of halogens is 1. The molecule has 1 aliphatic rings. The Hall–Kier alpha value is -1.86. The molecule has 1 fully saturated rings. The van der Waals surface area contributed by atoms with Gasteiger partial charge in [0.2, 0.25) is 11.4 Å². The van der Waals surface area contributed by atoms with Gasteiger partial charge in [0.1, 0.15) is 18.0 Å². The second kappa shape index (κ2) is 7.04. The van der Waals surface area contributed by atoms with Crippen molar-refractivity contribution < 1.29 is 24.9 Å². The lowest BCUT2D eigenvalue weighted by Gasteiger charge is -2.30. The maximum atomic E-state index is 13.0. The van der Waals surface area contributed by atoms with E-state index in [0.29, 0.717) is 3.57 Å². The van der Waals surface area contributed by atoms with Crippen molar-refractivity contribution in [2.45, 2.75) is 24.0 Å². The molecule has 1 saturated heterocycles. The SMILES string of the molecule is Nc1nc(=O)n([C@@H]2O[C@H](CO)[C@@H](O)[C@@]2(O)C(=O)c2ccccc2)cc1I. The zero-order valence-electron chi connectivity index (χ0n) is 13.3. The number of rotatable bonds is 4. The van der Waals surface area contributed by atoms with E-state index in [0.717, 1.165) is 4.57 Å². The van der Waals surface area contributed by atoms with E-state index in [9.17, 15) is 24.9 Å². The predicted molar refractivity (Wildman–Crippen MR) is 98.4 cm³/mol. The van der Waals surface area contributed by atoms with E-state index in [1.54, 1.807) is 18.2 Å². The van der Waals surface area contributed by atoms with Crippen LogP contribution in [-0.4, -0.2) is 55.1 Å². The van der Waals surface area contributed by atoms with Crippen LogP contribution in [0.15, 0.2) is 41.3 Å². The van der Waals surface area contributed by atoms with Crippen LogP contribution in [0, 0.1) is 3.57 Å². The summed E-state index contributed by atoms with van der Waals surface area (Å²) in [5, 5.41) is 31.0. The van der Waals surface area contributed by atoms with Crippen LogP contribution in [0.5, 0.6) is 0 Å². The summed E-state index contributed by atoms with van der Waals surface area (Å²) in [5.74, 6) is -0.854. The third kappa shape index (κ3) is 2.93. The molecule has 2 aromatic rings. The van der Waals surface area contributed by atoms with E-state index in [1.807, 2.05) is 22.6 Å². The van der Waals surface area contributed by atoms with Crippen LogP contribution in [0.25, 0.3) is 0 Å². The minimum Gasteiger partial charge on any atom is -0.394 e. The van der Waals surface area contributed by atoms with Gasteiger partial charge in [-0.15, -0.1) is 0 Å². The average molecular weight is 473 g/mol. The Morgan fingerprint density at radius 2 is 2.04 bits per heavy atom. The van der Waals surface area contributed by atoms with Gasteiger partial charge in [-0.05, 0) is 22.6 Å². The van der Waals surface area contributed by atoms with Gasteiger partial charge in [0.15, 0.2) is 6.23 Å². The highest BCUT2D eigenvalue weighted by atomic mass is 127. The quantitative estimate of drug-likeness (QED) is 0.337. The number of aliphatic hydroxyl groups excluding tert-OH is 2. The second-order valence-electron chi connectivity index (χ2n) is 5.84. The van der Waals surface area contributed by atoms with Gasteiger partial charge >= 0.3 is 5.69 Å². The van der Waals surface area contributed by atoms with Gasteiger partial charge in [0.05, 0.1) is 10.2 Å². The van der Waals surface area contributed by atoms with Crippen LogP contribution < -0.4 is 11.4 Å². The molecule has 1 aliphatic heterocycles. The average Bonchev–Trinajstić information content (AvgIpc) is 2.90. The van der Waals surface area contributed by atoms with E-state index in [4.69, 9.17) is 10.5 Å². The summed E-state index contributed by atoms with van der Waals surface area (Å²) < 4.78 is 6.73. The van der Waals surface area contributed by atoms with Gasteiger partial charge < -0.3 is 25.8 Å². The van der Waals surface area contributed by atoms with Crippen LogP contribution in [0.2, 0.25) is 0 Å². The van der Waals surface area contributed by atoms with Crippen LogP contribution >= 0.6 is 22.6 Å². The third-order valence-corrected chi connectivity index (χ3v) is 5.08. The summed E-state index contributed by atoms with van der Waals surface area (Å²) in [6.45, 7) is -0.656. The van der Waals surface area contributed by atoms with Crippen molar-refractivity contribution in [3.63, 3.8) is 0 Å². The standard InChI is InChI=1S/C16H16IN3O6/c17-9-6-20(15(24)19-13(9)18)14-16(25,12(23)10(7-21)26-14)11(22)8-4-2-1-3-5-8/h1-6,10,12,14,21,23,25H,7H2,(H2,18,19,24)/t10-,12-,14-,16+/m1/s1. The summed E-state index contributed by atoms with van der Waals surface area (Å²) in [4.78, 5) is 28.8. The number of aromatic nitrogens is 2. The van der Waals surface area contributed by atoms with Crippen molar-refractivity contribution in [1.29, 1.82) is 0 Å². The lowest BCUT2D eigenvalue weighted by Crippen LogP contribution is -2.54. The maximum absolute atomic E-state index is 13.0. The monoisotopic (exact) mass is 473 g/mol. The molecule has 9 nitrogen and oxygen atoms in total. The maximum Gasteiger partial charge on any atom is 0.351 e. The van der Waals surface area contributed by atoms with Gasteiger partial charge in [-0.2, -0.15) is 4.98 Å². The first-order valence-corrected chi connectivity index (χ1v) is 8.69. The van der Waals surface area contributed by atoms with Crippen molar-refractivity contribution in [2.75, 3.05) is 12.3 Å². The molecule has 0 amide bonds. The van der Waals surface area contributed by atoms with Crippen LogP contribution in [-0.2, 0) is 4.74 Å². The molecule has 2 heterocycles. The van der Waals surface area contributed by atoms with E-state index in [-0.39, 0.29) is 11.4 Å². The van der Waals surface area contributed by atoms with Crippen molar-refractivity contribution in [1.82, 2.24) is 9.55 Å². The van der Waals surface area contributed by atoms with E-state index < -0.39 is 42.1 Å². The third-order valence-electron chi connectivity index (χ3n) is 4.25. The lowest BCUT2D eigenvalue weighted by atomic mass is 9.85. The Bertz CT molecular complexity index is 889. The fourth-order valence-electron chi connectivity index (χ4n) is 2.89. The second-order valence-corrected chi connectivity index (χ2v) is 7.00. The van der Waals surface area contributed by atoms with Gasteiger partial charge in [0, 0.05) is 11.8 Å². The topological polar surface area (TPSA) is 148 Å². The number of carbonyl (C=O) groups excluding carboxylic acids is 1. The number of anilines is 1. The number of aliphatic hydroxyl groups is 3. The Morgan fingerprint density at radius 3 is 2.65 bits per heavy atom. The minimum absolute atomic E-state index is 0.0120. The Balaban J connectivity index is 2.15. The molecular formula is C16H16IN3O6. The number of nitrogens with two attached hydrogens (primary N) is 1. The summed E-state index contributed by atoms with van der Waals surface area (Å²) in [6, 6.07) is 7.80. The van der Waals surface area contributed by atoms with Crippen molar-refractivity contribution >= 4 is 34.2 Å². The number of benzene rings is 1. The van der Waals surface area contributed by atoms with E-state index >= 15 is 0 Å². The van der Waals surface area contributed by atoms with Crippen LogP contribution in [0.3, 0.4) is 0 Å². The number of Topliss-reactive ketones (excluding diaryl/α,β-unsaturated/α-hetero) is 1. The number of ether oxygens (including phenoxy) is 1. The highest BCUT2D eigenvalue weighted by molar-refractivity contribution is 14.1. The predicted octanol–water partition coefficient (Wildman–Crippen LogP) is -0.705. The number of nitrogen functional groups attached to an aromatic ring is 1. The number of nitrogens with zero attached hydrogens (tertiary/aromatic N) is 2. The molecule has 0 unspecified atom stereocenters. The molecule has 0 spiro atoms. The summed E-state index contributed by atoms with van der Waals surface area (Å²) >= 11 is 1.83. The molecule has 1 aromatic heterocycles. The molecule has 5 N–H and O–H groups in total. The van der Waals surface area contributed by atoms with Crippen molar-refractivity contribution in [2.24, 2.45) is 0 Å². The van der Waals surface area contributed by atoms with Crippen LogP contribution in [0.4, 0.5) is 5.82 Å². The van der Waals surface area contributed by atoms with E-state index in [1.165, 1.54) is 18.3 Å². The largest absolute Gasteiger partial charge is 0.394 e. The number of ketones is 1.